The van der Waals surface area contributed by atoms with Crippen molar-refractivity contribution in [2.75, 3.05) is 12.0 Å². The van der Waals surface area contributed by atoms with Crippen LogP contribution in [0.2, 0.25) is 0 Å². The fourth-order valence-electron chi connectivity index (χ4n) is 1.55. The van der Waals surface area contributed by atoms with Crippen LogP contribution in [0.25, 0.3) is 0 Å². The van der Waals surface area contributed by atoms with Crippen LogP contribution in [0.5, 0.6) is 0 Å². The minimum absolute atomic E-state index is 1.06. The van der Waals surface area contributed by atoms with Gasteiger partial charge in [0.2, 0.25) is 0 Å². The van der Waals surface area contributed by atoms with Gasteiger partial charge in [-0.2, -0.15) is 0 Å². The molecule has 1 aromatic carbocycles. The van der Waals surface area contributed by atoms with E-state index in [2.05, 4.69) is 35.1 Å². The molecule has 0 spiro atoms. The zero-order valence-electron chi connectivity index (χ0n) is 7.14. The zero-order chi connectivity index (χ0) is 8.23. The van der Waals surface area contributed by atoms with Crippen molar-refractivity contribution in [1.82, 2.24) is 5.43 Å². The van der Waals surface area contributed by atoms with Gasteiger partial charge in [-0.15, -0.1) is 0 Å². The highest BCUT2D eigenvalue weighted by Crippen LogP contribution is 2.17. The monoisotopic (exact) mass is 162 g/mol. The van der Waals surface area contributed by atoms with Crippen LogP contribution in [0.1, 0.15) is 18.4 Å². The summed E-state index contributed by atoms with van der Waals surface area (Å²) in [7, 11) is 0. The van der Waals surface area contributed by atoms with E-state index in [4.69, 9.17) is 0 Å². The van der Waals surface area contributed by atoms with Crippen LogP contribution in [0, 0.1) is 0 Å². The first-order chi connectivity index (χ1) is 5.97. The van der Waals surface area contributed by atoms with Crippen molar-refractivity contribution in [2.45, 2.75) is 19.3 Å². The summed E-state index contributed by atoms with van der Waals surface area (Å²) in [5.41, 5.74) is 9.06. The summed E-state index contributed by atoms with van der Waals surface area (Å²) in [5, 5.41) is 0. The summed E-state index contributed by atoms with van der Waals surface area (Å²) in [6.07, 6.45) is 3.73. The largest absolute Gasteiger partial charge is 0.321 e. The van der Waals surface area contributed by atoms with Gasteiger partial charge < -0.3 is 5.43 Å². The Balaban J connectivity index is 2.24. The second kappa shape index (κ2) is 3.59. The van der Waals surface area contributed by atoms with E-state index in [1.807, 2.05) is 0 Å². The standard InChI is InChI=1S/C10H14N2/c1-2-7-10-9(5-1)6-3-4-8-11-12-10/h1-2,5,7,11-12H,3-4,6,8H2. The molecule has 2 rings (SSSR count). The Morgan fingerprint density at radius 3 is 3.00 bits per heavy atom. The first kappa shape index (κ1) is 7.62. The molecule has 64 valence electrons. The number of nitrogens with one attached hydrogen (secondary N) is 2. The van der Waals surface area contributed by atoms with Crippen LogP contribution >= 0.6 is 0 Å². The van der Waals surface area contributed by atoms with E-state index in [1.54, 1.807) is 0 Å². The SMILES string of the molecule is c1ccc2c(c1)CCCCNN2. The van der Waals surface area contributed by atoms with Crippen molar-refractivity contribution < 1.29 is 0 Å². The summed E-state index contributed by atoms with van der Waals surface area (Å²) in [6, 6.07) is 8.47. The van der Waals surface area contributed by atoms with E-state index >= 15 is 0 Å². The molecule has 0 aromatic heterocycles. The Kier molecular flexibility index (Phi) is 2.28. The molecule has 1 heterocycles. The van der Waals surface area contributed by atoms with Crippen molar-refractivity contribution in [2.24, 2.45) is 0 Å². The number of rotatable bonds is 0. The maximum absolute atomic E-state index is 3.22. The van der Waals surface area contributed by atoms with Gasteiger partial charge in [-0.1, -0.05) is 18.2 Å². The number of hydrazine groups is 1. The number of para-hydroxylation sites is 1. The fourth-order valence-corrected chi connectivity index (χ4v) is 1.55. The molecule has 2 N–H and O–H groups in total. The Morgan fingerprint density at radius 1 is 1.08 bits per heavy atom. The molecule has 2 heteroatoms. The summed E-state index contributed by atoms with van der Waals surface area (Å²) in [6.45, 7) is 1.06. The number of aryl methyl sites for hydroxylation is 1. The zero-order valence-corrected chi connectivity index (χ0v) is 7.14. The van der Waals surface area contributed by atoms with Gasteiger partial charge in [-0.25, -0.2) is 5.43 Å². The van der Waals surface area contributed by atoms with Crippen LogP contribution in [-0.4, -0.2) is 6.54 Å². The number of hydrogen-bond acceptors (Lipinski definition) is 2. The number of anilines is 1. The van der Waals surface area contributed by atoms with E-state index in [1.165, 1.54) is 30.5 Å². The summed E-state index contributed by atoms with van der Waals surface area (Å²) >= 11 is 0. The molecule has 0 radical (unpaired) electrons. The molecular formula is C10H14N2. The molecule has 0 amide bonds. The van der Waals surface area contributed by atoms with Crippen molar-refractivity contribution in [3.8, 4) is 0 Å². The van der Waals surface area contributed by atoms with Crippen LogP contribution < -0.4 is 10.9 Å². The molecule has 0 aliphatic carbocycles. The van der Waals surface area contributed by atoms with Crippen LogP contribution in [0.15, 0.2) is 24.3 Å². The Hall–Kier alpha value is -1.02. The predicted octanol–water partition coefficient (Wildman–Crippen LogP) is 1.94. The van der Waals surface area contributed by atoms with Gasteiger partial charge in [0.05, 0.1) is 5.69 Å². The average molecular weight is 162 g/mol. The topological polar surface area (TPSA) is 24.1 Å². The maximum atomic E-state index is 3.22. The van der Waals surface area contributed by atoms with Gasteiger partial charge in [0.1, 0.15) is 0 Å². The van der Waals surface area contributed by atoms with Gasteiger partial charge in [0, 0.05) is 6.54 Å². The van der Waals surface area contributed by atoms with E-state index in [9.17, 15) is 0 Å². The number of hydrogen-bond donors (Lipinski definition) is 2. The van der Waals surface area contributed by atoms with E-state index in [-0.39, 0.29) is 0 Å². The highest BCUT2D eigenvalue weighted by molar-refractivity contribution is 5.50. The minimum atomic E-state index is 1.06. The number of benzene rings is 1. The summed E-state index contributed by atoms with van der Waals surface area (Å²) < 4.78 is 0. The molecule has 0 bridgehead atoms. The van der Waals surface area contributed by atoms with Crippen LogP contribution in [0.3, 0.4) is 0 Å². The first-order valence-electron chi connectivity index (χ1n) is 4.53. The second-order valence-corrected chi connectivity index (χ2v) is 3.17. The quantitative estimate of drug-likeness (QED) is 0.609. The molecular weight excluding hydrogens is 148 g/mol. The second-order valence-electron chi connectivity index (χ2n) is 3.17. The molecule has 2 nitrogen and oxygen atoms in total. The Labute approximate surface area is 73.0 Å². The number of fused-ring (bicyclic) bond motifs is 1. The van der Waals surface area contributed by atoms with E-state index < -0.39 is 0 Å². The molecule has 12 heavy (non-hydrogen) atoms. The van der Waals surface area contributed by atoms with Gasteiger partial charge in [0.15, 0.2) is 0 Å². The molecule has 1 aliphatic rings. The lowest BCUT2D eigenvalue weighted by Gasteiger charge is -2.16. The molecule has 0 fully saturated rings. The van der Waals surface area contributed by atoms with Gasteiger partial charge >= 0.3 is 0 Å². The van der Waals surface area contributed by atoms with Gasteiger partial charge in [-0.3, -0.25) is 0 Å². The normalized spacial score (nSPS) is 17.0. The molecule has 0 atom stereocenters. The molecule has 0 saturated carbocycles. The Bertz CT molecular complexity index is 231. The van der Waals surface area contributed by atoms with Crippen molar-refractivity contribution in [3.05, 3.63) is 29.8 Å². The van der Waals surface area contributed by atoms with Crippen molar-refractivity contribution in [3.63, 3.8) is 0 Å². The third kappa shape index (κ3) is 1.59. The van der Waals surface area contributed by atoms with Crippen LogP contribution in [0.4, 0.5) is 5.69 Å². The lowest BCUT2D eigenvalue weighted by Crippen LogP contribution is -2.25. The maximum Gasteiger partial charge on any atom is 0.0519 e. The molecule has 1 aliphatic heterocycles. The third-order valence-electron chi connectivity index (χ3n) is 2.24. The highest BCUT2D eigenvalue weighted by Gasteiger charge is 2.03. The molecule has 1 aromatic rings. The van der Waals surface area contributed by atoms with E-state index in [0.29, 0.717) is 0 Å². The minimum Gasteiger partial charge on any atom is -0.321 e. The highest BCUT2D eigenvalue weighted by atomic mass is 15.3. The van der Waals surface area contributed by atoms with Gasteiger partial charge in [-0.05, 0) is 30.9 Å². The lowest BCUT2D eigenvalue weighted by atomic mass is 10.1. The predicted molar refractivity (Wildman–Crippen MR) is 51.0 cm³/mol. The smallest absolute Gasteiger partial charge is 0.0519 e. The van der Waals surface area contributed by atoms with Crippen LogP contribution in [-0.2, 0) is 6.42 Å². The summed E-state index contributed by atoms with van der Waals surface area (Å²) in [5.74, 6) is 0. The van der Waals surface area contributed by atoms with Crippen molar-refractivity contribution in [1.29, 1.82) is 0 Å². The lowest BCUT2D eigenvalue weighted by molar-refractivity contribution is 0.657. The Morgan fingerprint density at radius 2 is 2.00 bits per heavy atom. The third-order valence-corrected chi connectivity index (χ3v) is 2.24. The fraction of sp³-hybridized carbons (Fsp3) is 0.400. The van der Waals surface area contributed by atoms with Crippen molar-refractivity contribution >= 4 is 5.69 Å². The van der Waals surface area contributed by atoms with Gasteiger partial charge in [0.25, 0.3) is 0 Å². The molecule has 0 unspecified atom stereocenters. The molecule has 0 saturated heterocycles. The first-order valence-corrected chi connectivity index (χ1v) is 4.53. The summed E-state index contributed by atoms with van der Waals surface area (Å²) in [4.78, 5) is 0. The average Bonchev–Trinajstić information content (AvgIpc) is 2.06. The van der Waals surface area contributed by atoms with E-state index in [0.717, 1.165) is 6.54 Å².